The van der Waals surface area contributed by atoms with Crippen molar-refractivity contribution in [2.75, 3.05) is 18.9 Å². The number of hydrogen-bond donors (Lipinski definition) is 3. The highest BCUT2D eigenvalue weighted by atomic mass is 16.3. The molecule has 19 heavy (non-hydrogen) atoms. The van der Waals surface area contributed by atoms with Crippen LogP contribution in [-0.2, 0) is 0 Å². The van der Waals surface area contributed by atoms with Crippen LogP contribution in [0.5, 0.6) is 0 Å². The van der Waals surface area contributed by atoms with Crippen molar-refractivity contribution in [3.8, 4) is 0 Å². The molecule has 1 aliphatic carbocycles. The van der Waals surface area contributed by atoms with Gasteiger partial charge in [-0.25, -0.2) is 15.0 Å². The standard InChI is InChI=1S/C12H15N5O2/c13-11-10-12(15-5-14-11)17(6-16-10)9-2-1-7(3-18)8(9)4-19/h1-2,5-9,18-19H,3-4H2,(H2,13,14,15)/t7-,8-,9-/m0/s1. The number of nitrogen functional groups attached to an aromatic ring is 1. The highest BCUT2D eigenvalue weighted by Crippen LogP contribution is 2.35. The van der Waals surface area contributed by atoms with Gasteiger partial charge in [0.2, 0.25) is 0 Å². The number of nitrogens with two attached hydrogens (primary N) is 1. The van der Waals surface area contributed by atoms with Crippen LogP contribution in [0.1, 0.15) is 6.04 Å². The molecule has 2 heterocycles. The minimum Gasteiger partial charge on any atom is -0.396 e. The number of hydrogen-bond acceptors (Lipinski definition) is 6. The lowest BCUT2D eigenvalue weighted by Gasteiger charge is -2.23. The van der Waals surface area contributed by atoms with Crippen molar-refractivity contribution in [1.29, 1.82) is 0 Å². The predicted octanol–water partition coefficient (Wildman–Crippen LogP) is -0.264. The predicted molar refractivity (Wildman–Crippen MR) is 69.1 cm³/mol. The Balaban J connectivity index is 2.06. The summed E-state index contributed by atoms with van der Waals surface area (Å²) in [7, 11) is 0. The van der Waals surface area contributed by atoms with Gasteiger partial charge in [-0.3, -0.25) is 0 Å². The van der Waals surface area contributed by atoms with Gasteiger partial charge < -0.3 is 20.5 Å². The molecule has 0 aromatic carbocycles. The molecule has 7 heteroatoms. The molecule has 0 aliphatic heterocycles. The molecule has 7 nitrogen and oxygen atoms in total. The normalized spacial score (nSPS) is 26.3. The minimum absolute atomic E-state index is 0.0108. The number of aliphatic hydroxyl groups is 2. The Kier molecular flexibility index (Phi) is 2.92. The quantitative estimate of drug-likeness (QED) is 0.656. The molecule has 0 amide bonds. The second-order valence-corrected chi connectivity index (χ2v) is 4.65. The van der Waals surface area contributed by atoms with Crippen LogP contribution in [-0.4, -0.2) is 42.9 Å². The number of allylic oxidation sites excluding steroid dienone is 1. The molecular weight excluding hydrogens is 246 g/mol. The molecule has 4 N–H and O–H groups in total. The van der Waals surface area contributed by atoms with E-state index in [-0.39, 0.29) is 31.1 Å². The van der Waals surface area contributed by atoms with Crippen molar-refractivity contribution in [3.63, 3.8) is 0 Å². The smallest absolute Gasteiger partial charge is 0.165 e. The van der Waals surface area contributed by atoms with Crippen LogP contribution in [0.4, 0.5) is 5.82 Å². The van der Waals surface area contributed by atoms with Crippen LogP contribution < -0.4 is 5.73 Å². The van der Waals surface area contributed by atoms with Crippen molar-refractivity contribution in [1.82, 2.24) is 19.5 Å². The number of anilines is 1. The summed E-state index contributed by atoms with van der Waals surface area (Å²) in [6.45, 7) is 0.00507. The molecule has 100 valence electrons. The summed E-state index contributed by atoms with van der Waals surface area (Å²) >= 11 is 0. The minimum atomic E-state index is -0.0846. The lowest BCUT2D eigenvalue weighted by atomic mass is 9.94. The van der Waals surface area contributed by atoms with Crippen LogP contribution in [0.2, 0.25) is 0 Å². The van der Waals surface area contributed by atoms with Crippen molar-refractivity contribution in [3.05, 3.63) is 24.8 Å². The molecule has 0 saturated heterocycles. The van der Waals surface area contributed by atoms with Gasteiger partial charge in [-0.2, -0.15) is 0 Å². The highest BCUT2D eigenvalue weighted by molar-refractivity contribution is 5.81. The summed E-state index contributed by atoms with van der Waals surface area (Å²) in [5.41, 5.74) is 6.95. The lowest BCUT2D eigenvalue weighted by molar-refractivity contribution is 0.132. The maximum Gasteiger partial charge on any atom is 0.165 e. The van der Waals surface area contributed by atoms with E-state index in [1.54, 1.807) is 6.33 Å². The Morgan fingerprint density at radius 1 is 1.16 bits per heavy atom. The topological polar surface area (TPSA) is 110 Å². The van der Waals surface area contributed by atoms with Crippen molar-refractivity contribution >= 4 is 17.0 Å². The van der Waals surface area contributed by atoms with Crippen LogP contribution >= 0.6 is 0 Å². The first-order chi connectivity index (χ1) is 9.26. The average molecular weight is 261 g/mol. The van der Waals surface area contributed by atoms with Crippen LogP contribution in [0.25, 0.3) is 11.2 Å². The number of imidazole rings is 1. The first kappa shape index (κ1) is 12.1. The zero-order valence-corrected chi connectivity index (χ0v) is 10.2. The molecule has 3 rings (SSSR count). The molecule has 1 aliphatic rings. The van der Waals surface area contributed by atoms with Crippen molar-refractivity contribution < 1.29 is 10.2 Å². The summed E-state index contributed by atoms with van der Waals surface area (Å²) in [5, 5.41) is 18.8. The second kappa shape index (κ2) is 4.60. The first-order valence-electron chi connectivity index (χ1n) is 6.09. The zero-order chi connectivity index (χ0) is 13.4. The van der Waals surface area contributed by atoms with E-state index in [9.17, 15) is 10.2 Å². The molecule has 0 bridgehead atoms. The van der Waals surface area contributed by atoms with Gasteiger partial charge in [-0.05, 0) is 0 Å². The summed E-state index contributed by atoms with van der Waals surface area (Å²) < 4.78 is 1.86. The van der Waals surface area contributed by atoms with Gasteiger partial charge in [-0.1, -0.05) is 12.2 Å². The van der Waals surface area contributed by atoms with E-state index >= 15 is 0 Å². The van der Waals surface area contributed by atoms with Gasteiger partial charge in [-0.15, -0.1) is 0 Å². The molecule has 0 saturated carbocycles. The van der Waals surface area contributed by atoms with E-state index in [0.29, 0.717) is 17.0 Å². The summed E-state index contributed by atoms with van der Waals surface area (Å²) in [5.74, 6) is 0.204. The summed E-state index contributed by atoms with van der Waals surface area (Å²) in [6, 6.07) is -0.0820. The maximum atomic E-state index is 9.52. The third kappa shape index (κ3) is 1.78. The largest absolute Gasteiger partial charge is 0.396 e. The molecule has 3 atom stereocenters. The van der Waals surface area contributed by atoms with Gasteiger partial charge >= 0.3 is 0 Å². The highest BCUT2D eigenvalue weighted by Gasteiger charge is 2.32. The van der Waals surface area contributed by atoms with E-state index in [0.717, 1.165) is 0 Å². The fraction of sp³-hybridized carbons (Fsp3) is 0.417. The first-order valence-corrected chi connectivity index (χ1v) is 6.09. The van der Waals surface area contributed by atoms with E-state index in [1.165, 1.54) is 6.33 Å². The zero-order valence-electron chi connectivity index (χ0n) is 10.2. The molecule has 2 aromatic rings. The molecular formula is C12H15N5O2. The maximum absolute atomic E-state index is 9.52. The fourth-order valence-electron chi connectivity index (χ4n) is 2.62. The van der Waals surface area contributed by atoms with Gasteiger partial charge in [0.1, 0.15) is 11.8 Å². The molecule has 0 fully saturated rings. The molecule has 2 aromatic heterocycles. The van der Waals surface area contributed by atoms with Gasteiger partial charge in [0, 0.05) is 25.0 Å². The summed E-state index contributed by atoms with van der Waals surface area (Å²) in [6.07, 6.45) is 6.92. The van der Waals surface area contributed by atoms with Crippen LogP contribution in [0.15, 0.2) is 24.8 Å². The number of aliphatic hydroxyl groups excluding tert-OH is 2. The van der Waals surface area contributed by atoms with E-state index < -0.39 is 0 Å². The Labute approximate surface area is 109 Å². The van der Waals surface area contributed by atoms with Gasteiger partial charge in [0.25, 0.3) is 0 Å². The Morgan fingerprint density at radius 3 is 2.74 bits per heavy atom. The number of fused-ring (bicyclic) bond motifs is 1. The van der Waals surface area contributed by atoms with Crippen molar-refractivity contribution in [2.24, 2.45) is 11.8 Å². The Bertz CT molecular complexity index is 624. The van der Waals surface area contributed by atoms with Crippen LogP contribution in [0, 0.1) is 11.8 Å². The molecule has 0 radical (unpaired) electrons. The lowest BCUT2D eigenvalue weighted by Crippen LogP contribution is -2.24. The van der Waals surface area contributed by atoms with Gasteiger partial charge in [0.05, 0.1) is 12.4 Å². The van der Waals surface area contributed by atoms with E-state index in [4.69, 9.17) is 5.73 Å². The van der Waals surface area contributed by atoms with Crippen LogP contribution in [0.3, 0.4) is 0 Å². The monoisotopic (exact) mass is 261 g/mol. The third-order valence-electron chi connectivity index (χ3n) is 3.67. The van der Waals surface area contributed by atoms with Crippen molar-refractivity contribution in [2.45, 2.75) is 6.04 Å². The fourth-order valence-corrected chi connectivity index (χ4v) is 2.62. The number of aromatic nitrogens is 4. The Hall–Kier alpha value is -1.99. The summed E-state index contributed by atoms with van der Waals surface area (Å²) in [4.78, 5) is 12.3. The van der Waals surface area contributed by atoms with Gasteiger partial charge in [0.15, 0.2) is 11.5 Å². The molecule has 0 unspecified atom stereocenters. The Morgan fingerprint density at radius 2 is 2.00 bits per heavy atom. The number of rotatable bonds is 3. The third-order valence-corrected chi connectivity index (χ3v) is 3.67. The molecule has 0 spiro atoms. The average Bonchev–Trinajstić information content (AvgIpc) is 3.01. The second-order valence-electron chi connectivity index (χ2n) is 4.65. The van der Waals surface area contributed by atoms with E-state index in [1.807, 2.05) is 16.7 Å². The SMILES string of the molecule is Nc1ncnc2c1ncn2[C@H]1C=C[C@@H](CO)[C@@H]1CO. The number of nitrogens with zero attached hydrogens (tertiary/aromatic N) is 4. The van der Waals surface area contributed by atoms with E-state index in [2.05, 4.69) is 15.0 Å².